The maximum Gasteiger partial charge on any atom is 0.165 e. The zero-order chi connectivity index (χ0) is 12.1. The molecule has 2 aromatic rings. The van der Waals surface area contributed by atoms with Gasteiger partial charge in [-0.3, -0.25) is 0 Å². The van der Waals surface area contributed by atoms with Crippen LogP contribution in [-0.2, 0) is 11.9 Å². The second-order valence-corrected chi connectivity index (χ2v) is 4.20. The Morgan fingerprint density at radius 1 is 1.00 bits per heavy atom. The number of benzene rings is 2. The summed E-state index contributed by atoms with van der Waals surface area (Å²) in [7, 11) is 0. The lowest BCUT2D eigenvalue weighted by atomic mass is 10.2. The van der Waals surface area contributed by atoms with E-state index in [0.29, 0.717) is 17.7 Å². The molecule has 0 amide bonds. The topological polar surface area (TPSA) is 9.23 Å². The van der Waals surface area contributed by atoms with Gasteiger partial charge < -0.3 is 4.74 Å². The third kappa shape index (κ3) is 3.07. The lowest BCUT2D eigenvalue weighted by Gasteiger charge is -2.10. The Kier molecular flexibility index (Phi) is 4.15. The SMILES string of the molecule is Fc1cccc(CBr)c1OCc1ccccc1. The molecule has 0 aliphatic heterocycles. The van der Waals surface area contributed by atoms with Gasteiger partial charge in [-0.05, 0) is 11.6 Å². The predicted octanol–water partition coefficient (Wildman–Crippen LogP) is 4.30. The average molecular weight is 295 g/mol. The molecule has 2 rings (SSSR count). The van der Waals surface area contributed by atoms with Gasteiger partial charge in [0, 0.05) is 10.9 Å². The Labute approximate surface area is 108 Å². The summed E-state index contributed by atoms with van der Waals surface area (Å²) in [5.41, 5.74) is 1.84. The zero-order valence-corrected chi connectivity index (χ0v) is 10.8. The van der Waals surface area contributed by atoms with Crippen molar-refractivity contribution in [3.63, 3.8) is 0 Å². The smallest absolute Gasteiger partial charge is 0.165 e. The van der Waals surface area contributed by atoms with E-state index in [1.807, 2.05) is 36.4 Å². The maximum absolute atomic E-state index is 13.6. The summed E-state index contributed by atoms with van der Waals surface area (Å²) < 4.78 is 19.1. The van der Waals surface area contributed by atoms with Crippen LogP contribution < -0.4 is 4.74 Å². The number of para-hydroxylation sites is 1. The van der Waals surface area contributed by atoms with Crippen LogP contribution in [0.2, 0.25) is 0 Å². The third-order valence-electron chi connectivity index (χ3n) is 2.42. The molecule has 0 saturated heterocycles. The van der Waals surface area contributed by atoms with Gasteiger partial charge >= 0.3 is 0 Å². The average Bonchev–Trinajstić information content (AvgIpc) is 2.38. The van der Waals surface area contributed by atoms with Crippen molar-refractivity contribution in [3.8, 4) is 5.75 Å². The van der Waals surface area contributed by atoms with Crippen LogP contribution in [0.1, 0.15) is 11.1 Å². The largest absolute Gasteiger partial charge is 0.486 e. The van der Waals surface area contributed by atoms with E-state index in [0.717, 1.165) is 11.1 Å². The van der Waals surface area contributed by atoms with Gasteiger partial charge in [0.25, 0.3) is 0 Å². The van der Waals surface area contributed by atoms with Crippen molar-refractivity contribution in [2.75, 3.05) is 0 Å². The van der Waals surface area contributed by atoms with Crippen LogP contribution in [0.15, 0.2) is 48.5 Å². The molecule has 3 heteroatoms. The summed E-state index contributed by atoms with van der Waals surface area (Å²) in [6, 6.07) is 14.7. The van der Waals surface area contributed by atoms with Crippen molar-refractivity contribution in [3.05, 3.63) is 65.5 Å². The van der Waals surface area contributed by atoms with Crippen molar-refractivity contribution >= 4 is 15.9 Å². The first-order valence-corrected chi connectivity index (χ1v) is 6.43. The van der Waals surface area contributed by atoms with E-state index < -0.39 is 0 Å². The summed E-state index contributed by atoms with van der Waals surface area (Å²) in [4.78, 5) is 0. The first-order valence-electron chi connectivity index (χ1n) is 5.31. The molecule has 0 unspecified atom stereocenters. The second-order valence-electron chi connectivity index (χ2n) is 3.64. The summed E-state index contributed by atoms with van der Waals surface area (Å²) in [5.74, 6) is 0.00566. The Morgan fingerprint density at radius 2 is 1.76 bits per heavy atom. The van der Waals surface area contributed by atoms with Gasteiger partial charge in [0.2, 0.25) is 0 Å². The van der Waals surface area contributed by atoms with Gasteiger partial charge in [0.05, 0.1) is 0 Å². The van der Waals surface area contributed by atoms with E-state index in [4.69, 9.17) is 4.74 Å². The third-order valence-corrected chi connectivity index (χ3v) is 3.02. The highest BCUT2D eigenvalue weighted by Crippen LogP contribution is 2.25. The van der Waals surface area contributed by atoms with Crippen molar-refractivity contribution in [1.29, 1.82) is 0 Å². The Bertz CT molecular complexity index is 485. The molecule has 0 N–H and O–H groups in total. The molecule has 0 aliphatic rings. The molecule has 0 aromatic heterocycles. The lowest BCUT2D eigenvalue weighted by molar-refractivity contribution is 0.288. The van der Waals surface area contributed by atoms with Gasteiger partial charge in [-0.25, -0.2) is 4.39 Å². The van der Waals surface area contributed by atoms with Crippen LogP contribution in [0, 0.1) is 5.82 Å². The highest BCUT2D eigenvalue weighted by Gasteiger charge is 2.08. The number of ether oxygens (including phenoxy) is 1. The van der Waals surface area contributed by atoms with Crippen LogP contribution in [0.5, 0.6) is 5.75 Å². The first-order chi connectivity index (χ1) is 8.31. The molecule has 17 heavy (non-hydrogen) atoms. The van der Waals surface area contributed by atoms with E-state index in [9.17, 15) is 4.39 Å². The standard InChI is InChI=1S/C14H12BrFO/c15-9-12-7-4-8-13(16)14(12)17-10-11-5-2-1-3-6-11/h1-8H,9-10H2. The van der Waals surface area contributed by atoms with E-state index in [1.54, 1.807) is 6.07 Å². The number of alkyl halides is 1. The molecule has 0 atom stereocenters. The van der Waals surface area contributed by atoms with E-state index in [1.165, 1.54) is 6.07 Å². The van der Waals surface area contributed by atoms with E-state index >= 15 is 0 Å². The summed E-state index contributed by atoms with van der Waals surface area (Å²) in [6.45, 7) is 0.377. The Morgan fingerprint density at radius 3 is 2.47 bits per heavy atom. The molecule has 1 nitrogen and oxygen atoms in total. The molecule has 0 heterocycles. The quantitative estimate of drug-likeness (QED) is 0.764. The molecule has 0 aliphatic carbocycles. The van der Waals surface area contributed by atoms with Crippen LogP contribution >= 0.6 is 15.9 Å². The molecule has 0 radical (unpaired) electrons. The predicted molar refractivity (Wildman–Crippen MR) is 69.8 cm³/mol. The molecular formula is C14H12BrFO. The highest BCUT2D eigenvalue weighted by atomic mass is 79.9. The number of hydrogen-bond donors (Lipinski definition) is 0. The van der Waals surface area contributed by atoms with Crippen LogP contribution in [-0.4, -0.2) is 0 Å². The molecule has 0 saturated carbocycles. The van der Waals surface area contributed by atoms with Gasteiger partial charge in [0.1, 0.15) is 6.61 Å². The van der Waals surface area contributed by atoms with Crippen molar-refractivity contribution < 1.29 is 9.13 Å². The van der Waals surface area contributed by atoms with Crippen LogP contribution in [0.3, 0.4) is 0 Å². The first kappa shape index (κ1) is 12.1. The monoisotopic (exact) mass is 294 g/mol. The number of hydrogen-bond acceptors (Lipinski definition) is 1. The van der Waals surface area contributed by atoms with Crippen LogP contribution in [0.4, 0.5) is 4.39 Å². The van der Waals surface area contributed by atoms with Gasteiger partial charge in [0.15, 0.2) is 11.6 Å². The van der Waals surface area contributed by atoms with E-state index in [2.05, 4.69) is 15.9 Å². The minimum Gasteiger partial charge on any atom is -0.486 e. The molecule has 88 valence electrons. The fraction of sp³-hybridized carbons (Fsp3) is 0.143. The second kappa shape index (κ2) is 5.82. The Hall–Kier alpha value is -1.35. The minimum absolute atomic E-state index is 0.321. The normalized spacial score (nSPS) is 10.2. The van der Waals surface area contributed by atoms with Crippen molar-refractivity contribution in [2.24, 2.45) is 0 Å². The highest BCUT2D eigenvalue weighted by molar-refractivity contribution is 9.08. The lowest BCUT2D eigenvalue weighted by Crippen LogP contribution is -1.99. The number of halogens is 2. The fourth-order valence-electron chi connectivity index (χ4n) is 1.55. The molecule has 0 bridgehead atoms. The van der Waals surface area contributed by atoms with E-state index in [-0.39, 0.29) is 5.82 Å². The molecule has 2 aromatic carbocycles. The molecular weight excluding hydrogens is 283 g/mol. The van der Waals surface area contributed by atoms with Crippen molar-refractivity contribution in [1.82, 2.24) is 0 Å². The minimum atomic E-state index is -0.321. The number of rotatable bonds is 4. The maximum atomic E-state index is 13.6. The Balaban J connectivity index is 2.14. The summed E-state index contributed by atoms with van der Waals surface area (Å²) >= 11 is 3.32. The van der Waals surface area contributed by atoms with Crippen LogP contribution in [0.25, 0.3) is 0 Å². The fourth-order valence-corrected chi connectivity index (χ4v) is 1.99. The van der Waals surface area contributed by atoms with Gasteiger partial charge in [-0.1, -0.05) is 58.4 Å². The zero-order valence-electron chi connectivity index (χ0n) is 9.20. The summed E-state index contributed by atoms with van der Waals surface area (Å²) in [5, 5.41) is 0.578. The molecule has 0 fully saturated rings. The summed E-state index contributed by atoms with van der Waals surface area (Å²) in [6.07, 6.45) is 0. The van der Waals surface area contributed by atoms with Gasteiger partial charge in [-0.2, -0.15) is 0 Å². The van der Waals surface area contributed by atoms with Gasteiger partial charge in [-0.15, -0.1) is 0 Å². The molecule has 0 spiro atoms. The van der Waals surface area contributed by atoms with Crippen molar-refractivity contribution in [2.45, 2.75) is 11.9 Å².